The van der Waals surface area contributed by atoms with Gasteiger partial charge in [0, 0.05) is 28.5 Å². The summed E-state index contributed by atoms with van der Waals surface area (Å²) < 4.78 is 9.14. The van der Waals surface area contributed by atoms with Crippen LogP contribution in [0.1, 0.15) is 107 Å². The van der Waals surface area contributed by atoms with Crippen molar-refractivity contribution in [2.45, 2.75) is 97.8 Å². The first kappa shape index (κ1) is 27.1. The standard InChI is InChI=1S/C37H45N2O/c1-24-11-17-30-31-18-16-29(23-38)34(28-14-12-27(13-15-28)26-9-7-6-8-10-26)36(31)40-35(30)33(24)32-21-25(19-20-39(32)5)22-37(2,3)4/h11,16-21,26-28H,6-10,12-15,22H2,1-5H3/q+1. The van der Waals surface area contributed by atoms with E-state index < -0.39 is 0 Å². The van der Waals surface area contributed by atoms with E-state index in [-0.39, 0.29) is 5.41 Å². The molecule has 0 radical (unpaired) electrons. The highest BCUT2D eigenvalue weighted by atomic mass is 16.3. The maximum Gasteiger partial charge on any atom is 0.216 e. The first-order valence-corrected chi connectivity index (χ1v) is 15.6. The fourth-order valence-corrected chi connectivity index (χ4v) is 7.91. The number of aryl methyl sites for hydroxylation is 2. The van der Waals surface area contributed by atoms with Crippen molar-refractivity contribution >= 4 is 21.9 Å². The van der Waals surface area contributed by atoms with Crippen LogP contribution in [0.25, 0.3) is 33.2 Å². The van der Waals surface area contributed by atoms with Gasteiger partial charge in [-0.25, -0.2) is 4.57 Å². The predicted molar refractivity (Wildman–Crippen MR) is 164 cm³/mol. The van der Waals surface area contributed by atoms with Gasteiger partial charge in [0.1, 0.15) is 18.2 Å². The summed E-state index contributed by atoms with van der Waals surface area (Å²) in [4.78, 5) is 0. The quantitative estimate of drug-likeness (QED) is 0.245. The minimum atomic E-state index is 0.218. The van der Waals surface area contributed by atoms with Crippen LogP contribution in [-0.4, -0.2) is 0 Å². The number of benzene rings is 2. The minimum Gasteiger partial charge on any atom is -0.455 e. The molecule has 0 N–H and O–H groups in total. The van der Waals surface area contributed by atoms with Crippen LogP contribution >= 0.6 is 0 Å². The van der Waals surface area contributed by atoms with Crippen molar-refractivity contribution in [3.63, 3.8) is 0 Å². The molecule has 40 heavy (non-hydrogen) atoms. The highest BCUT2D eigenvalue weighted by Crippen LogP contribution is 2.47. The molecule has 0 amide bonds. The van der Waals surface area contributed by atoms with Crippen molar-refractivity contribution in [3.8, 4) is 17.3 Å². The molecule has 0 unspecified atom stereocenters. The molecule has 6 rings (SSSR count). The molecule has 0 aliphatic heterocycles. The molecule has 2 aliphatic carbocycles. The number of nitriles is 1. The van der Waals surface area contributed by atoms with Crippen molar-refractivity contribution in [1.29, 1.82) is 5.26 Å². The number of nitrogens with zero attached hydrogens (tertiary/aromatic N) is 2. The third-order valence-corrected chi connectivity index (χ3v) is 9.88. The van der Waals surface area contributed by atoms with E-state index in [1.165, 1.54) is 74.6 Å². The zero-order chi connectivity index (χ0) is 28.0. The highest BCUT2D eigenvalue weighted by molar-refractivity contribution is 6.11. The van der Waals surface area contributed by atoms with E-state index >= 15 is 0 Å². The lowest BCUT2D eigenvalue weighted by atomic mass is 9.69. The van der Waals surface area contributed by atoms with Gasteiger partial charge in [0.05, 0.1) is 17.2 Å². The molecule has 0 bridgehead atoms. The minimum absolute atomic E-state index is 0.218. The lowest BCUT2D eigenvalue weighted by Crippen LogP contribution is -2.31. The maximum absolute atomic E-state index is 10.2. The Labute approximate surface area is 240 Å². The van der Waals surface area contributed by atoms with Crippen molar-refractivity contribution in [2.24, 2.45) is 24.3 Å². The topological polar surface area (TPSA) is 40.8 Å². The first-order chi connectivity index (χ1) is 19.2. The van der Waals surface area contributed by atoms with Gasteiger partial charge in [0.15, 0.2) is 6.20 Å². The van der Waals surface area contributed by atoms with E-state index in [4.69, 9.17) is 4.42 Å². The summed E-state index contributed by atoms with van der Waals surface area (Å²) in [6, 6.07) is 15.7. The molecule has 3 heteroatoms. The Morgan fingerprint density at radius 1 is 0.875 bits per heavy atom. The smallest absolute Gasteiger partial charge is 0.216 e. The third-order valence-electron chi connectivity index (χ3n) is 9.88. The molecule has 0 spiro atoms. The van der Waals surface area contributed by atoms with E-state index in [1.807, 2.05) is 6.07 Å². The van der Waals surface area contributed by atoms with E-state index in [2.05, 4.69) is 81.9 Å². The van der Waals surface area contributed by atoms with Gasteiger partial charge in [0.25, 0.3) is 0 Å². The molecule has 2 heterocycles. The number of hydrogen-bond acceptors (Lipinski definition) is 2. The second kappa shape index (κ2) is 10.7. The summed E-state index contributed by atoms with van der Waals surface area (Å²) in [5.41, 5.74) is 8.96. The summed E-state index contributed by atoms with van der Waals surface area (Å²) in [5, 5.41) is 12.5. The SMILES string of the molecule is Cc1ccc2c(oc3c(C4CCC(C5CCCCC5)CC4)c(C#N)ccc32)c1-c1cc(CC(C)(C)C)cc[n+]1C. The third kappa shape index (κ3) is 5.07. The van der Waals surface area contributed by atoms with Crippen molar-refractivity contribution < 1.29 is 8.98 Å². The van der Waals surface area contributed by atoms with E-state index in [0.29, 0.717) is 5.92 Å². The van der Waals surface area contributed by atoms with Crippen LogP contribution in [-0.2, 0) is 13.5 Å². The number of fused-ring (bicyclic) bond motifs is 3. The Kier molecular flexibility index (Phi) is 7.24. The largest absolute Gasteiger partial charge is 0.455 e. The number of pyridine rings is 1. The maximum atomic E-state index is 10.2. The van der Waals surface area contributed by atoms with Crippen LogP contribution in [0.4, 0.5) is 0 Å². The Bertz CT molecular complexity index is 1580. The number of hydrogen-bond donors (Lipinski definition) is 0. The molecule has 2 saturated carbocycles. The summed E-state index contributed by atoms with van der Waals surface area (Å²) in [6.45, 7) is 9.07. The first-order valence-electron chi connectivity index (χ1n) is 15.6. The number of furan rings is 1. The summed E-state index contributed by atoms with van der Waals surface area (Å²) in [5.74, 6) is 2.19. The van der Waals surface area contributed by atoms with E-state index in [1.54, 1.807) is 0 Å². The fraction of sp³-hybridized carbons (Fsp3) is 0.514. The lowest BCUT2D eigenvalue weighted by Gasteiger charge is -2.36. The molecule has 2 aromatic carbocycles. The molecule has 2 aromatic heterocycles. The van der Waals surface area contributed by atoms with Crippen molar-refractivity contribution in [1.82, 2.24) is 0 Å². The molecule has 0 saturated heterocycles. The summed E-state index contributed by atoms with van der Waals surface area (Å²) >= 11 is 0. The van der Waals surface area contributed by atoms with Gasteiger partial charge in [-0.1, -0.05) is 65.0 Å². The number of aromatic nitrogens is 1. The predicted octanol–water partition coefficient (Wildman–Crippen LogP) is 9.70. The number of rotatable bonds is 4. The zero-order valence-corrected chi connectivity index (χ0v) is 25.1. The highest BCUT2D eigenvalue weighted by Gasteiger charge is 2.32. The van der Waals surface area contributed by atoms with Crippen LogP contribution < -0.4 is 4.57 Å². The average Bonchev–Trinajstić information content (AvgIpc) is 3.32. The van der Waals surface area contributed by atoms with Gasteiger partial charge in [-0.05, 0) is 85.5 Å². The van der Waals surface area contributed by atoms with Gasteiger partial charge in [0.2, 0.25) is 5.69 Å². The molecular formula is C37H45N2O+. The molecule has 4 aromatic rings. The van der Waals surface area contributed by atoms with Crippen LogP contribution in [0.15, 0.2) is 47.0 Å². The van der Waals surface area contributed by atoms with Gasteiger partial charge in [-0.3, -0.25) is 0 Å². The molecule has 2 fully saturated rings. The molecule has 208 valence electrons. The van der Waals surface area contributed by atoms with Crippen LogP contribution in [0.5, 0.6) is 0 Å². The van der Waals surface area contributed by atoms with Crippen molar-refractivity contribution in [2.75, 3.05) is 0 Å². The van der Waals surface area contributed by atoms with Crippen LogP contribution in [0, 0.1) is 35.5 Å². The Morgan fingerprint density at radius 2 is 1.55 bits per heavy atom. The normalized spacial score (nSPS) is 20.7. The molecule has 0 atom stereocenters. The molecular weight excluding hydrogens is 488 g/mol. The van der Waals surface area contributed by atoms with Crippen LogP contribution in [0.3, 0.4) is 0 Å². The zero-order valence-electron chi connectivity index (χ0n) is 25.1. The Hall–Kier alpha value is -3.12. The molecule has 3 nitrogen and oxygen atoms in total. The van der Waals surface area contributed by atoms with Gasteiger partial charge in [-0.2, -0.15) is 5.26 Å². The lowest BCUT2D eigenvalue weighted by molar-refractivity contribution is -0.660. The summed E-state index contributed by atoms with van der Waals surface area (Å²) in [7, 11) is 2.13. The monoisotopic (exact) mass is 533 g/mol. The van der Waals surface area contributed by atoms with Gasteiger partial charge in [-0.15, -0.1) is 0 Å². The average molecular weight is 534 g/mol. The van der Waals surface area contributed by atoms with Gasteiger partial charge < -0.3 is 4.42 Å². The Balaban J connectivity index is 1.44. The molecule has 2 aliphatic rings. The van der Waals surface area contributed by atoms with Crippen molar-refractivity contribution in [3.05, 3.63) is 64.8 Å². The second-order valence-corrected chi connectivity index (χ2v) is 14.0. The fourth-order valence-electron chi connectivity index (χ4n) is 7.91. The Morgan fingerprint density at radius 3 is 2.25 bits per heavy atom. The van der Waals surface area contributed by atoms with Gasteiger partial charge >= 0.3 is 0 Å². The summed E-state index contributed by atoms with van der Waals surface area (Å²) in [6.07, 6.45) is 15.2. The van der Waals surface area contributed by atoms with Crippen LogP contribution in [0.2, 0.25) is 0 Å². The van der Waals surface area contributed by atoms with E-state index in [9.17, 15) is 5.26 Å². The second-order valence-electron chi connectivity index (χ2n) is 14.0. The van der Waals surface area contributed by atoms with E-state index in [0.717, 1.165) is 56.9 Å².